The van der Waals surface area contributed by atoms with E-state index < -0.39 is 17.9 Å². The molecule has 0 saturated carbocycles. The fourth-order valence-corrected chi connectivity index (χ4v) is 3.32. The number of nitrogens with zero attached hydrogens (tertiary/aromatic N) is 1. The second-order valence-electron chi connectivity index (χ2n) is 6.86. The van der Waals surface area contributed by atoms with Crippen LogP contribution in [0.25, 0.3) is 11.1 Å². The summed E-state index contributed by atoms with van der Waals surface area (Å²) in [7, 11) is 0. The van der Waals surface area contributed by atoms with Gasteiger partial charge < -0.3 is 10.6 Å². The highest BCUT2D eigenvalue weighted by Crippen LogP contribution is 2.34. The molecule has 0 aromatic heterocycles. The molecule has 0 aliphatic carbocycles. The van der Waals surface area contributed by atoms with Gasteiger partial charge in [-0.05, 0) is 35.6 Å². The molecule has 3 nitrogen and oxygen atoms in total. The number of nitrogens with two attached hydrogens (primary N) is 1. The minimum atomic E-state index is -3.43. The Bertz CT molecular complexity index is 777. The van der Waals surface area contributed by atoms with Gasteiger partial charge in [0.1, 0.15) is 0 Å². The summed E-state index contributed by atoms with van der Waals surface area (Å²) in [6.45, 7) is 2.96. The van der Waals surface area contributed by atoms with Crippen molar-refractivity contribution >= 4 is 17.5 Å². The first-order valence-electron chi connectivity index (χ1n) is 8.57. The van der Waals surface area contributed by atoms with E-state index in [1.54, 1.807) is 24.3 Å². The molecule has 1 fully saturated rings. The molecule has 26 heavy (non-hydrogen) atoms. The van der Waals surface area contributed by atoms with Crippen LogP contribution in [0.15, 0.2) is 48.5 Å². The average Bonchev–Trinajstić information content (AvgIpc) is 3.07. The summed E-state index contributed by atoms with van der Waals surface area (Å²) >= 11 is 5.86. The fourth-order valence-electron chi connectivity index (χ4n) is 3.19. The molecule has 3 rings (SSSR count). The zero-order valence-electron chi connectivity index (χ0n) is 14.5. The lowest BCUT2D eigenvalue weighted by Crippen LogP contribution is -2.51. The molecule has 1 unspecified atom stereocenters. The van der Waals surface area contributed by atoms with Gasteiger partial charge in [0.15, 0.2) is 6.04 Å². The Hall–Kier alpha value is -1.98. The third kappa shape index (κ3) is 3.74. The highest BCUT2D eigenvalue weighted by atomic mass is 35.5. The standard InChI is InChI=1S/C20H21ClF2N2O/c1-13-10-11-25(12-13)19(26)18(24)20(22,23)16-6-2-14(3-7-16)15-4-8-17(21)9-5-15/h2-9,13,18H,10-12,24H2,1H3/t13-,18?/m0/s1. The van der Waals surface area contributed by atoms with Gasteiger partial charge in [-0.15, -0.1) is 0 Å². The van der Waals surface area contributed by atoms with E-state index >= 15 is 0 Å². The van der Waals surface area contributed by atoms with Gasteiger partial charge in [-0.2, -0.15) is 8.78 Å². The van der Waals surface area contributed by atoms with E-state index in [0.717, 1.165) is 17.5 Å². The smallest absolute Gasteiger partial charge is 0.296 e. The van der Waals surface area contributed by atoms with Gasteiger partial charge in [-0.25, -0.2) is 0 Å². The Morgan fingerprint density at radius 2 is 1.69 bits per heavy atom. The van der Waals surface area contributed by atoms with Crippen LogP contribution < -0.4 is 5.73 Å². The van der Waals surface area contributed by atoms with E-state index in [2.05, 4.69) is 0 Å². The van der Waals surface area contributed by atoms with Gasteiger partial charge in [-0.1, -0.05) is 54.9 Å². The zero-order valence-corrected chi connectivity index (χ0v) is 15.2. The minimum absolute atomic E-state index is 0.261. The van der Waals surface area contributed by atoms with Gasteiger partial charge in [-0.3, -0.25) is 4.79 Å². The number of carbonyl (C=O) groups excluding carboxylic acids is 1. The number of alkyl halides is 2. The van der Waals surface area contributed by atoms with Crippen molar-refractivity contribution < 1.29 is 13.6 Å². The van der Waals surface area contributed by atoms with E-state index in [1.807, 2.05) is 19.1 Å². The quantitative estimate of drug-likeness (QED) is 0.862. The van der Waals surface area contributed by atoms with Crippen molar-refractivity contribution in [3.63, 3.8) is 0 Å². The van der Waals surface area contributed by atoms with Crippen LogP contribution in [0.2, 0.25) is 5.02 Å². The Balaban J connectivity index is 1.78. The van der Waals surface area contributed by atoms with E-state index in [4.69, 9.17) is 17.3 Å². The van der Waals surface area contributed by atoms with Crippen molar-refractivity contribution in [2.24, 2.45) is 11.7 Å². The lowest BCUT2D eigenvalue weighted by atomic mass is 9.97. The molecule has 2 aromatic carbocycles. The van der Waals surface area contributed by atoms with E-state index in [0.29, 0.717) is 24.0 Å². The monoisotopic (exact) mass is 378 g/mol. The van der Waals surface area contributed by atoms with Gasteiger partial charge >= 0.3 is 0 Å². The summed E-state index contributed by atoms with van der Waals surface area (Å²) in [6, 6.07) is 11.1. The molecule has 138 valence electrons. The number of likely N-dealkylation sites (tertiary alicyclic amines) is 1. The molecule has 0 spiro atoms. The minimum Gasteiger partial charge on any atom is -0.341 e. The summed E-state index contributed by atoms with van der Waals surface area (Å²) in [6.07, 6.45) is 0.819. The highest BCUT2D eigenvalue weighted by Gasteiger charge is 2.45. The van der Waals surface area contributed by atoms with Crippen molar-refractivity contribution in [3.8, 4) is 11.1 Å². The maximum atomic E-state index is 14.7. The van der Waals surface area contributed by atoms with E-state index in [9.17, 15) is 13.6 Å². The number of amides is 1. The van der Waals surface area contributed by atoms with E-state index in [-0.39, 0.29) is 5.56 Å². The molecular weight excluding hydrogens is 358 g/mol. The van der Waals surface area contributed by atoms with Crippen LogP contribution in [0.5, 0.6) is 0 Å². The number of hydrogen-bond acceptors (Lipinski definition) is 2. The zero-order chi connectivity index (χ0) is 18.9. The first-order valence-corrected chi connectivity index (χ1v) is 8.95. The summed E-state index contributed by atoms with van der Waals surface area (Å²) in [5, 5.41) is 0.609. The van der Waals surface area contributed by atoms with Crippen molar-refractivity contribution in [2.45, 2.75) is 25.3 Å². The summed E-state index contributed by atoms with van der Waals surface area (Å²) in [5.41, 5.74) is 7.06. The predicted molar refractivity (Wildman–Crippen MR) is 99.1 cm³/mol. The van der Waals surface area contributed by atoms with Crippen molar-refractivity contribution in [1.29, 1.82) is 0 Å². The Morgan fingerprint density at radius 1 is 1.15 bits per heavy atom. The molecule has 2 aromatic rings. The molecule has 1 heterocycles. The van der Waals surface area contributed by atoms with Crippen LogP contribution >= 0.6 is 11.6 Å². The second-order valence-corrected chi connectivity index (χ2v) is 7.30. The lowest BCUT2D eigenvalue weighted by molar-refractivity contribution is -0.142. The predicted octanol–water partition coefficient (Wildman–Crippen LogP) is 4.29. The maximum absolute atomic E-state index is 14.7. The molecule has 0 bridgehead atoms. The molecule has 1 saturated heterocycles. The normalized spacial score (nSPS) is 18.8. The average molecular weight is 379 g/mol. The molecule has 1 aliphatic rings. The Morgan fingerprint density at radius 3 is 2.19 bits per heavy atom. The number of rotatable bonds is 4. The molecule has 0 radical (unpaired) electrons. The first kappa shape index (κ1) is 18.8. The Labute approximate surface area is 156 Å². The maximum Gasteiger partial charge on any atom is 0.296 e. The second kappa shape index (κ2) is 7.33. The summed E-state index contributed by atoms with van der Waals surface area (Å²) in [4.78, 5) is 13.8. The molecule has 1 amide bonds. The largest absolute Gasteiger partial charge is 0.341 e. The number of benzene rings is 2. The fraction of sp³-hybridized carbons (Fsp3) is 0.350. The van der Waals surface area contributed by atoms with Crippen molar-refractivity contribution in [2.75, 3.05) is 13.1 Å². The van der Waals surface area contributed by atoms with Crippen LogP contribution in [-0.4, -0.2) is 29.9 Å². The highest BCUT2D eigenvalue weighted by molar-refractivity contribution is 6.30. The van der Waals surface area contributed by atoms with Crippen LogP contribution in [-0.2, 0) is 10.7 Å². The number of halogens is 3. The third-order valence-electron chi connectivity index (χ3n) is 4.84. The SMILES string of the molecule is C[C@H]1CCN(C(=O)C(N)C(F)(F)c2ccc(-c3ccc(Cl)cc3)cc2)C1. The Kier molecular flexibility index (Phi) is 5.30. The van der Waals surface area contributed by atoms with Crippen LogP contribution in [0.1, 0.15) is 18.9 Å². The third-order valence-corrected chi connectivity index (χ3v) is 5.09. The molecular formula is C20H21ClF2N2O. The topological polar surface area (TPSA) is 46.3 Å². The molecule has 6 heteroatoms. The number of carbonyl (C=O) groups is 1. The lowest BCUT2D eigenvalue weighted by Gasteiger charge is -2.27. The van der Waals surface area contributed by atoms with Crippen LogP contribution in [0, 0.1) is 5.92 Å². The van der Waals surface area contributed by atoms with Gasteiger partial charge in [0.2, 0.25) is 5.91 Å². The summed E-state index contributed by atoms with van der Waals surface area (Å²) < 4.78 is 29.5. The van der Waals surface area contributed by atoms with Gasteiger partial charge in [0.05, 0.1) is 0 Å². The molecule has 2 atom stereocenters. The van der Waals surface area contributed by atoms with Crippen molar-refractivity contribution in [3.05, 3.63) is 59.1 Å². The van der Waals surface area contributed by atoms with Gasteiger partial charge in [0, 0.05) is 23.7 Å². The summed E-state index contributed by atoms with van der Waals surface area (Å²) in [5.74, 6) is -3.80. The van der Waals surface area contributed by atoms with Crippen LogP contribution in [0.4, 0.5) is 8.78 Å². The van der Waals surface area contributed by atoms with Crippen LogP contribution in [0.3, 0.4) is 0 Å². The van der Waals surface area contributed by atoms with E-state index in [1.165, 1.54) is 17.0 Å². The molecule has 1 aliphatic heterocycles. The first-order chi connectivity index (χ1) is 12.3. The molecule has 2 N–H and O–H groups in total. The van der Waals surface area contributed by atoms with Gasteiger partial charge in [0.25, 0.3) is 5.92 Å². The number of hydrogen-bond donors (Lipinski definition) is 1. The van der Waals surface area contributed by atoms with Crippen molar-refractivity contribution in [1.82, 2.24) is 4.90 Å².